The van der Waals surface area contributed by atoms with Gasteiger partial charge in [-0.15, -0.1) is 0 Å². The average Bonchev–Trinajstić information content (AvgIpc) is 3.34. The van der Waals surface area contributed by atoms with Gasteiger partial charge in [-0.3, -0.25) is 9.52 Å². The molecule has 4 rings (SSSR count). The molecule has 4 aromatic rings. The number of para-hydroxylation sites is 1. The van der Waals surface area contributed by atoms with Gasteiger partial charge in [-0.2, -0.15) is 5.10 Å². The molecular formula is C23H18ClFN4O3S. The maximum atomic E-state index is 13.1. The number of amides is 1. The van der Waals surface area contributed by atoms with Crippen molar-refractivity contribution in [2.45, 2.75) is 11.4 Å². The van der Waals surface area contributed by atoms with Crippen LogP contribution in [0.4, 0.5) is 10.1 Å². The number of nitrogens with one attached hydrogen (secondary N) is 2. The van der Waals surface area contributed by atoms with Crippen molar-refractivity contribution < 1.29 is 17.6 Å². The van der Waals surface area contributed by atoms with E-state index in [1.807, 2.05) is 24.3 Å². The van der Waals surface area contributed by atoms with E-state index in [1.165, 1.54) is 30.3 Å². The molecule has 3 aromatic carbocycles. The molecule has 0 fully saturated rings. The number of sulfonamides is 1. The smallest absolute Gasteiger partial charge is 0.261 e. The highest BCUT2D eigenvalue weighted by molar-refractivity contribution is 7.92. The zero-order chi connectivity index (χ0) is 23.4. The molecule has 0 aliphatic rings. The highest BCUT2D eigenvalue weighted by Crippen LogP contribution is 2.23. The number of nitrogens with zero attached hydrogens (tertiary/aromatic N) is 2. The molecule has 1 heterocycles. The first-order chi connectivity index (χ1) is 15.8. The minimum absolute atomic E-state index is 0.00946. The maximum absolute atomic E-state index is 13.1. The average molecular weight is 485 g/mol. The van der Waals surface area contributed by atoms with E-state index in [1.54, 1.807) is 23.1 Å². The Hall–Kier alpha value is -3.69. The summed E-state index contributed by atoms with van der Waals surface area (Å²) in [5, 5.41) is 7.09. The Balaban J connectivity index is 1.53. The largest absolute Gasteiger partial charge is 0.348 e. The molecule has 1 amide bonds. The standard InChI is InChI=1S/C23H18ClFN4O3S/c24-21-11-10-19(33(31,32)28-18-8-6-17(25)7-9-18)14-20(21)23(30)26-15-16-4-1-2-5-22(16)29-13-3-12-27-29/h1-14,28H,15H2,(H,26,30). The molecule has 0 spiro atoms. The molecule has 33 heavy (non-hydrogen) atoms. The molecule has 0 aliphatic carbocycles. The molecule has 0 radical (unpaired) electrons. The van der Waals surface area contributed by atoms with E-state index >= 15 is 0 Å². The summed E-state index contributed by atoms with van der Waals surface area (Å²) in [7, 11) is -4.03. The molecule has 7 nitrogen and oxygen atoms in total. The van der Waals surface area contributed by atoms with Crippen LogP contribution in [0.15, 0.2) is 90.1 Å². The fourth-order valence-corrected chi connectivity index (χ4v) is 4.43. The number of anilines is 1. The number of hydrogen-bond donors (Lipinski definition) is 2. The van der Waals surface area contributed by atoms with Crippen molar-refractivity contribution in [3.05, 3.63) is 107 Å². The summed E-state index contributed by atoms with van der Waals surface area (Å²) in [6, 6.07) is 17.9. The van der Waals surface area contributed by atoms with Gasteiger partial charge in [0.15, 0.2) is 0 Å². The lowest BCUT2D eigenvalue weighted by Crippen LogP contribution is -2.24. The second kappa shape index (κ2) is 9.43. The highest BCUT2D eigenvalue weighted by Gasteiger charge is 2.19. The van der Waals surface area contributed by atoms with Gasteiger partial charge in [0.1, 0.15) is 5.82 Å². The van der Waals surface area contributed by atoms with Crippen LogP contribution >= 0.6 is 11.6 Å². The highest BCUT2D eigenvalue weighted by atomic mass is 35.5. The first-order valence-electron chi connectivity index (χ1n) is 9.77. The van der Waals surface area contributed by atoms with E-state index in [-0.39, 0.29) is 27.7 Å². The van der Waals surface area contributed by atoms with Crippen LogP contribution in [-0.4, -0.2) is 24.1 Å². The van der Waals surface area contributed by atoms with Gasteiger partial charge in [0.05, 0.1) is 21.2 Å². The van der Waals surface area contributed by atoms with Crippen molar-refractivity contribution >= 4 is 33.2 Å². The van der Waals surface area contributed by atoms with Crippen LogP contribution in [0.25, 0.3) is 5.69 Å². The van der Waals surface area contributed by atoms with E-state index in [0.29, 0.717) is 0 Å². The number of benzene rings is 3. The zero-order valence-electron chi connectivity index (χ0n) is 17.1. The second-order valence-corrected chi connectivity index (χ2v) is 9.11. The number of aromatic nitrogens is 2. The lowest BCUT2D eigenvalue weighted by molar-refractivity contribution is 0.0951. The monoisotopic (exact) mass is 484 g/mol. The van der Waals surface area contributed by atoms with Gasteiger partial charge >= 0.3 is 0 Å². The van der Waals surface area contributed by atoms with E-state index < -0.39 is 21.7 Å². The van der Waals surface area contributed by atoms with Crippen LogP contribution in [0.2, 0.25) is 5.02 Å². The Morgan fingerprint density at radius 1 is 1.03 bits per heavy atom. The third-order valence-corrected chi connectivity index (χ3v) is 6.48. The normalized spacial score (nSPS) is 11.2. The van der Waals surface area contributed by atoms with Gasteiger partial charge in [0.2, 0.25) is 0 Å². The lowest BCUT2D eigenvalue weighted by Gasteiger charge is -2.13. The minimum Gasteiger partial charge on any atom is -0.348 e. The van der Waals surface area contributed by atoms with Gasteiger partial charge in [-0.1, -0.05) is 29.8 Å². The molecule has 0 aliphatic heterocycles. The fraction of sp³-hybridized carbons (Fsp3) is 0.0435. The Morgan fingerprint density at radius 2 is 1.79 bits per heavy atom. The Kier molecular flexibility index (Phi) is 6.43. The first-order valence-corrected chi connectivity index (χ1v) is 11.6. The topological polar surface area (TPSA) is 93.1 Å². The summed E-state index contributed by atoms with van der Waals surface area (Å²) >= 11 is 6.18. The predicted molar refractivity (Wildman–Crippen MR) is 123 cm³/mol. The molecular weight excluding hydrogens is 467 g/mol. The summed E-state index contributed by atoms with van der Waals surface area (Å²) in [4.78, 5) is 12.7. The zero-order valence-corrected chi connectivity index (χ0v) is 18.6. The molecule has 10 heteroatoms. The number of rotatable bonds is 7. The van der Waals surface area contributed by atoms with Crippen LogP contribution < -0.4 is 10.0 Å². The third-order valence-electron chi connectivity index (χ3n) is 4.77. The third kappa shape index (κ3) is 5.21. The van der Waals surface area contributed by atoms with Crippen molar-refractivity contribution in [2.24, 2.45) is 0 Å². The molecule has 0 saturated heterocycles. The molecule has 0 bridgehead atoms. The van der Waals surface area contributed by atoms with E-state index in [4.69, 9.17) is 11.6 Å². The summed E-state index contributed by atoms with van der Waals surface area (Å²) in [6.45, 7) is 0.177. The molecule has 0 unspecified atom stereocenters. The Bertz CT molecular complexity index is 1390. The van der Waals surface area contributed by atoms with Gasteiger partial charge in [-0.25, -0.2) is 17.5 Å². The van der Waals surface area contributed by atoms with Gasteiger partial charge < -0.3 is 5.32 Å². The summed E-state index contributed by atoms with van der Waals surface area (Å²) in [6.07, 6.45) is 3.45. The van der Waals surface area contributed by atoms with Gasteiger partial charge in [0, 0.05) is 24.6 Å². The van der Waals surface area contributed by atoms with Crippen LogP contribution in [0.1, 0.15) is 15.9 Å². The van der Waals surface area contributed by atoms with Gasteiger partial charge in [0.25, 0.3) is 15.9 Å². The van der Waals surface area contributed by atoms with E-state index in [9.17, 15) is 17.6 Å². The molecule has 1 aromatic heterocycles. The van der Waals surface area contributed by atoms with E-state index in [2.05, 4.69) is 15.1 Å². The van der Waals surface area contributed by atoms with Crippen LogP contribution in [0, 0.1) is 5.82 Å². The number of hydrogen-bond acceptors (Lipinski definition) is 4. The van der Waals surface area contributed by atoms with Crippen molar-refractivity contribution in [3.63, 3.8) is 0 Å². The minimum atomic E-state index is -4.03. The van der Waals surface area contributed by atoms with Crippen molar-refractivity contribution in [1.82, 2.24) is 15.1 Å². The quantitative estimate of drug-likeness (QED) is 0.406. The summed E-state index contributed by atoms with van der Waals surface area (Å²) in [5.74, 6) is -1.02. The Morgan fingerprint density at radius 3 is 2.52 bits per heavy atom. The Labute approximate surface area is 194 Å². The number of carbonyl (C=O) groups excluding carboxylic acids is 1. The molecule has 168 valence electrons. The summed E-state index contributed by atoms with van der Waals surface area (Å²) in [5.41, 5.74) is 1.81. The fourth-order valence-electron chi connectivity index (χ4n) is 3.14. The SMILES string of the molecule is O=C(NCc1ccccc1-n1cccn1)c1cc(S(=O)(=O)Nc2ccc(F)cc2)ccc1Cl. The molecule has 0 saturated carbocycles. The number of halogens is 2. The van der Waals surface area contributed by atoms with Crippen LogP contribution in [0.5, 0.6) is 0 Å². The molecule has 2 N–H and O–H groups in total. The van der Waals surface area contributed by atoms with Crippen molar-refractivity contribution in [1.29, 1.82) is 0 Å². The molecule has 0 atom stereocenters. The van der Waals surface area contributed by atoms with Crippen molar-refractivity contribution in [2.75, 3.05) is 4.72 Å². The number of carbonyl (C=O) groups is 1. The van der Waals surface area contributed by atoms with E-state index in [0.717, 1.165) is 23.4 Å². The summed E-state index contributed by atoms with van der Waals surface area (Å²) < 4.78 is 42.6. The predicted octanol–water partition coefficient (Wildman–Crippen LogP) is 4.40. The van der Waals surface area contributed by atoms with Crippen LogP contribution in [-0.2, 0) is 16.6 Å². The second-order valence-electron chi connectivity index (χ2n) is 7.02. The van der Waals surface area contributed by atoms with Gasteiger partial charge in [-0.05, 0) is 60.2 Å². The maximum Gasteiger partial charge on any atom is 0.261 e. The lowest BCUT2D eigenvalue weighted by atomic mass is 10.1. The first kappa shape index (κ1) is 22.5. The van der Waals surface area contributed by atoms with Crippen LogP contribution in [0.3, 0.4) is 0 Å². The van der Waals surface area contributed by atoms with Crippen molar-refractivity contribution in [3.8, 4) is 5.69 Å².